The maximum absolute atomic E-state index is 13.6. The fourth-order valence-electron chi connectivity index (χ4n) is 2.33. The van der Waals surface area contributed by atoms with Gasteiger partial charge in [0.2, 0.25) is 0 Å². The molecular formula is C15H22FN3O. The van der Waals surface area contributed by atoms with E-state index < -0.39 is 5.82 Å². The first-order valence-electron chi connectivity index (χ1n) is 7.19. The molecule has 0 radical (unpaired) electrons. The van der Waals surface area contributed by atoms with Crippen LogP contribution in [0, 0.1) is 11.7 Å². The van der Waals surface area contributed by atoms with Crippen molar-refractivity contribution in [3.05, 3.63) is 29.8 Å². The molecule has 5 heteroatoms. The van der Waals surface area contributed by atoms with Gasteiger partial charge in [0, 0.05) is 32.4 Å². The van der Waals surface area contributed by atoms with Gasteiger partial charge in [-0.05, 0) is 24.9 Å². The lowest BCUT2D eigenvalue weighted by Crippen LogP contribution is -2.49. The smallest absolute Gasteiger partial charge is 0.257 e. The highest BCUT2D eigenvalue weighted by atomic mass is 19.1. The largest absolute Gasteiger partial charge is 0.336 e. The maximum atomic E-state index is 13.6. The Morgan fingerprint density at radius 3 is 2.65 bits per heavy atom. The van der Waals surface area contributed by atoms with Gasteiger partial charge < -0.3 is 4.90 Å². The second-order valence-electron chi connectivity index (χ2n) is 5.67. The van der Waals surface area contributed by atoms with E-state index in [1.165, 1.54) is 18.7 Å². The molecule has 0 aromatic carbocycles. The van der Waals surface area contributed by atoms with Crippen molar-refractivity contribution in [1.29, 1.82) is 0 Å². The number of pyridine rings is 1. The second kappa shape index (κ2) is 6.79. The molecule has 1 amide bonds. The normalized spacial score (nSPS) is 16.7. The number of amides is 1. The van der Waals surface area contributed by atoms with Crippen LogP contribution in [0.1, 0.15) is 30.6 Å². The van der Waals surface area contributed by atoms with E-state index >= 15 is 0 Å². The molecule has 0 N–H and O–H groups in total. The fraction of sp³-hybridized carbons (Fsp3) is 0.600. The van der Waals surface area contributed by atoms with Crippen LogP contribution in [0.25, 0.3) is 0 Å². The molecule has 0 bridgehead atoms. The van der Waals surface area contributed by atoms with E-state index in [0.29, 0.717) is 19.0 Å². The Bertz CT molecular complexity index is 456. The van der Waals surface area contributed by atoms with Crippen molar-refractivity contribution in [3.8, 4) is 0 Å². The molecule has 1 aliphatic heterocycles. The SMILES string of the molecule is CC(C)CCN1CCN(C(=O)c2ccncc2F)CC1. The predicted molar refractivity (Wildman–Crippen MR) is 76.0 cm³/mol. The molecule has 0 atom stereocenters. The van der Waals surface area contributed by atoms with Gasteiger partial charge in [0.15, 0.2) is 5.82 Å². The molecule has 0 saturated carbocycles. The molecule has 2 heterocycles. The van der Waals surface area contributed by atoms with Crippen LogP contribution in [0.3, 0.4) is 0 Å². The molecule has 1 aromatic rings. The minimum Gasteiger partial charge on any atom is -0.336 e. The van der Waals surface area contributed by atoms with Gasteiger partial charge in [-0.15, -0.1) is 0 Å². The van der Waals surface area contributed by atoms with Gasteiger partial charge >= 0.3 is 0 Å². The Morgan fingerprint density at radius 2 is 2.05 bits per heavy atom. The van der Waals surface area contributed by atoms with Crippen molar-refractivity contribution >= 4 is 5.91 Å². The quantitative estimate of drug-likeness (QED) is 0.846. The molecule has 4 nitrogen and oxygen atoms in total. The van der Waals surface area contributed by atoms with Gasteiger partial charge in [0.05, 0.1) is 11.8 Å². The average molecular weight is 279 g/mol. The molecule has 0 unspecified atom stereocenters. The molecule has 1 fully saturated rings. The molecule has 1 aromatic heterocycles. The molecule has 110 valence electrons. The number of aromatic nitrogens is 1. The summed E-state index contributed by atoms with van der Waals surface area (Å²) in [5, 5.41) is 0. The molecule has 2 rings (SSSR count). The standard InChI is InChI=1S/C15H22FN3O/c1-12(2)4-6-18-7-9-19(10-8-18)15(20)13-3-5-17-11-14(13)16/h3,5,11-12H,4,6-10H2,1-2H3. The van der Waals surface area contributed by atoms with Crippen LogP contribution in [-0.4, -0.2) is 53.4 Å². The zero-order valence-electron chi connectivity index (χ0n) is 12.2. The minimum atomic E-state index is -0.542. The van der Waals surface area contributed by atoms with E-state index in [2.05, 4.69) is 23.7 Å². The van der Waals surface area contributed by atoms with Crippen molar-refractivity contribution in [3.63, 3.8) is 0 Å². The molecule has 1 saturated heterocycles. The summed E-state index contributed by atoms with van der Waals surface area (Å²) in [6.45, 7) is 8.56. The predicted octanol–water partition coefficient (Wildman–Crippen LogP) is 2.02. The van der Waals surface area contributed by atoms with Gasteiger partial charge in [-0.1, -0.05) is 13.8 Å². The van der Waals surface area contributed by atoms with Gasteiger partial charge in [-0.25, -0.2) is 4.39 Å². The summed E-state index contributed by atoms with van der Waals surface area (Å²) in [6.07, 6.45) is 3.72. The first kappa shape index (κ1) is 14.9. The van der Waals surface area contributed by atoms with Crippen LogP contribution < -0.4 is 0 Å². The first-order chi connectivity index (χ1) is 9.58. The van der Waals surface area contributed by atoms with Crippen molar-refractivity contribution in [1.82, 2.24) is 14.8 Å². The monoisotopic (exact) mass is 279 g/mol. The summed E-state index contributed by atoms with van der Waals surface area (Å²) in [5.74, 6) is -0.0753. The Balaban J connectivity index is 1.88. The number of rotatable bonds is 4. The van der Waals surface area contributed by atoms with E-state index in [-0.39, 0.29) is 11.5 Å². The third kappa shape index (κ3) is 3.76. The van der Waals surface area contributed by atoms with Crippen LogP contribution in [-0.2, 0) is 0 Å². The number of hydrogen-bond donors (Lipinski definition) is 0. The molecule has 20 heavy (non-hydrogen) atoms. The lowest BCUT2D eigenvalue weighted by atomic mass is 10.1. The molecule has 1 aliphatic rings. The van der Waals surface area contributed by atoms with Crippen LogP contribution >= 0.6 is 0 Å². The summed E-state index contributed by atoms with van der Waals surface area (Å²) >= 11 is 0. The lowest BCUT2D eigenvalue weighted by Gasteiger charge is -2.35. The number of hydrogen-bond acceptors (Lipinski definition) is 3. The van der Waals surface area contributed by atoms with Crippen LogP contribution in [0.4, 0.5) is 4.39 Å². The van der Waals surface area contributed by atoms with Gasteiger partial charge in [0.1, 0.15) is 0 Å². The fourth-order valence-corrected chi connectivity index (χ4v) is 2.33. The zero-order valence-corrected chi connectivity index (χ0v) is 12.2. The van der Waals surface area contributed by atoms with Crippen molar-refractivity contribution in [2.75, 3.05) is 32.7 Å². The van der Waals surface area contributed by atoms with E-state index in [9.17, 15) is 9.18 Å². The van der Waals surface area contributed by atoms with Crippen LogP contribution in [0.2, 0.25) is 0 Å². The van der Waals surface area contributed by atoms with Crippen LogP contribution in [0.5, 0.6) is 0 Å². The second-order valence-corrected chi connectivity index (χ2v) is 5.67. The van der Waals surface area contributed by atoms with Crippen LogP contribution in [0.15, 0.2) is 18.5 Å². The zero-order chi connectivity index (χ0) is 14.5. The first-order valence-corrected chi connectivity index (χ1v) is 7.19. The summed E-state index contributed by atoms with van der Waals surface area (Å²) in [6, 6.07) is 1.45. The summed E-state index contributed by atoms with van der Waals surface area (Å²) in [5.41, 5.74) is 0.121. The van der Waals surface area contributed by atoms with Crippen molar-refractivity contribution in [2.24, 2.45) is 5.92 Å². The molecular weight excluding hydrogens is 257 g/mol. The van der Waals surface area contributed by atoms with E-state index in [0.717, 1.165) is 25.8 Å². The Hall–Kier alpha value is -1.49. The summed E-state index contributed by atoms with van der Waals surface area (Å²) in [7, 11) is 0. The number of halogens is 1. The highest BCUT2D eigenvalue weighted by molar-refractivity contribution is 5.94. The highest BCUT2D eigenvalue weighted by Crippen LogP contribution is 2.12. The lowest BCUT2D eigenvalue weighted by molar-refractivity contribution is 0.0627. The minimum absolute atomic E-state index is 0.121. The third-order valence-corrected chi connectivity index (χ3v) is 3.69. The number of nitrogens with zero attached hydrogens (tertiary/aromatic N) is 3. The summed E-state index contributed by atoms with van der Waals surface area (Å²) < 4.78 is 13.6. The Labute approximate surface area is 119 Å². The maximum Gasteiger partial charge on any atom is 0.257 e. The van der Waals surface area contributed by atoms with Gasteiger partial charge in [0.25, 0.3) is 5.91 Å². The Kier molecular flexibility index (Phi) is 5.06. The summed E-state index contributed by atoms with van der Waals surface area (Å²) in [4.78, 5) is 20.0. The number of carbonyl (C=O) groups is 1. The van der Waals surface area contributed by atoms with Crippen molar-refractivity contribution < 1.29 is 9.18 Å². The van der Waals surface area contributed by atoms with E-state index in [1.807, 2.05) is 0 Å². The number of piperazine rings is 1. The molecule has 0 spiro atoms. The third-order valence-electron chi connectivity index (χ3n) is 3.69. The van der Waals surface area contributed by atoms with E-state index in [4.69, 9.17) is 0 Å². The highest BCUT2D eigenvalue weighted by Gasteiger charge is 2.23. The van der Waals surface area contributed by atoms with Gasteiger partial charge in [-0.2, -0.15) is 0 Å². The topological polar surface area (TPSA) is 36.4 Å². The number of carbonyl (C=O) groups excluding carboxylic acids is 1. The average Bonchev–Trinajstić information content (AvgIpc) is 2.45. The molecule has 0 aliphatic carbocycles. The van der Waals surface area contributed by atoms with E-state index in [1.54, 1.807) is 4.90 Å². The van der Waals surface area contributed by atoms with Crippen molar-refractivity contribution in [2.45, 2.75) is 20.3 Å². The van der Waals surface area contributed by atoms with Gasteiger partial charge in [-0.3, -0.25) is 14.7 Å². The Morgan fingerprint density at radius 1 is 1.35 bits per heavy atom.